The minimum Gasteiger partial charge on any atom is -0.0654 e. The first kappa shape index (κ1) is 21.6. The summed E-state index contributed by atoms with van der Waals surface area (Å²) in [6, 6.07) is 22.2. The van der Waals surface area contributed by atoms with Crippen LogP contribution in [-0.4, -0.2) is 6.16 Å². The quantitative estimate of drug-likeness (QED) is 0.228. The normalized spacial score (nSPS) is 10.6. The van der Waals surface area contributed by atoms with Crippen LogP contribution in [0.3, 0.4) is 0 Å². The fourth-order valence-electron chi connectivity index (χ4n) is 3.03. The van der Waals surface area contributed by atoms with Crippen LogP contribution in [0.5, 0.6) is 0 Å². The topological polar surface area (TPSA) is 0 Å². The van der Waals surface area contributed by atoms with Gasteiger partial charge >= 0.3 is 0 Å². The molecule has 0 aliphatic carbocycles. The molecular weight excluding hydrogens is 391 g/mol. The van der Waals surface area contributed by atoms with Crippen molar-refractivity contribution in [2.24, 2.45) is 0 Å². The number of unbranched alkanes of at least 4 members (excludes halogenated alkanes) is 7. The Hall–Kier alpha value is -0.442. The van der Waals surface area contributed by atoms with Gasteiger partial charge in [0.05, 0.1) is 0 Å². The second-order valence-electron chi connectivity index (χ2n) is 6.30. The molecule has 0 aliphatic heterocycles. The first-order chi connectivity index (χ1) is 11.4. The van der Waals surface area contributed by atoms with Gasteiger partial charge in [-0.15, -0.1) is 0 Å². The summed E-state index contributed by atoms with van der Waals surface area (Å²) in [5.41, 5.74) is 0. The van der Waals surface area contributed by atoms with Crippen LogP contribution in [-0.2, 0) is 21.1 Å². The Morgan fingerprint density at radius 2 is 1.00 bits per heavy atom. The standard InChI is InChI=1S/C22H31P.Mo/c1-2-3-4-5-6-7-8-15-20-23(21-16-11-9-12-17-21)22-18-13-10-14-19-22;/h9-14,16-19H,2-8,15,20H2,1H3;. The van der Waals surface area contributed by atoms with Gasteiger partial charge in [0.25, 0.3) is 0 Å². The zero-order valence-corrected chi connectivity index (χ0v) is 17.9. The number of rotatable bonds is 11. The van der Waals surface area contributed by atoms with E-state index in [0.29, 0.717) is 0 Å². The maximum absolute atomic E-state index is 2.31. The number of hydrogen-bond acceptors (Lipinski definition) is 0. The Kier molecular flexibility index (Phi) is 12.4. The van der Waals surface area contributed by atoms with Crippen molar-refractivity contribution >= 4 is 18.5 Å². The molecule has 0 nitrogen and oxygen atoms in total. The van der Waals surface area contributed by atoms with Gasteiger partial charge in [0.2, 0.25) is 0 Å². The van der Waals surface area contributed by atoms with E-state index in [1.54, 1.807) is 0 Å². The summed E-state index contributed by atoms with van der Waals surface area (Å²) in [5.74, 6) is 0. The van der Waals surface area contributed by atoms with Crippen LogP contribution < -0.4 is 10.6 Å². The first-order valence-electron chi connectivity index (χ1n) is 9.29. The zero-order valence-electron chi connectivity index (χ0n) is 15.0. The Morgan fingerprint density at radius 1 is 0.583 bits per heavy atom. The van der Waals surface area contributed by atoms with E-state index in [1.165, 1.54) is 68.1 Å². The predicted molar refractivity (Wildman–Crippen MR) is 107 cm³/mol. The van der Waals surface area contributed by atoms with Crippen molar-refractivity contribution in [3.05, 3.63) is 60.7 Å². The van der Waals surface area contributed by atoms with Crippen molar-refractivity contribution in [1.29, 1.82) is 0 Å². The molecule has 0 aliphatic rings. The molecule has 2 heteroatoms. The average molecular weight is 422 g/mol. The van der Waals surface area contributed by atoms with Crippen LogP contribution in [0.1, 0.15) is 58.3 Å². The van der Waals surface area contributed by atoms with Gasteiger partial charge in [-0.25, -0.2) is 0 Å². The van der Waals surface area contributed by atoms with Crippen molar-refractivity contribution in [1.82, 2.24) is 0 Å². The summed E-state index contributed by atoms with van der Waals surface area (Å²) in [6.45, 7) is 2.29. The van der Waals surface area contributed by atoms with Crippen LogP contribution in [0, 0.1) is 0 Å². The van der Waals surface area contributed by atoms with E-state index in [4.69, 9.17) is 0 Å². The average Bonchev–Trinajstić information content (AvgIpc) is 2.62. The molecule has 0 aromatic heterocycles. The van der Waals surface area contributed by atoms with E-state index < -0.39 is 0 Å². The molecule has 0 atom stereocenters. The second-order valence-corrected chi connectivity index (χ2v) is 8.63. The van der Waals surface area contributed by atoms with Gasteiger partial charge in [-0.1, -0.05) is 113 Å². The molecule has 2 rings (SSSR count). The monoisotopic (exact) mass is 424 g/mol. The van der Waals surface area contributed by atoms with Gasteiger partial charge in [0.1, 0.15) is 0 Å². The van der Waals surface area contributed by atoms with Crippen molar-refractivity contribution < 1.29 is 21.1 Å². The largest absolute Gasteiger partial charge is 0.0654 e. The van der Waals surface area contributed by atoms with Gasteiger partial charge < -0.3 is 0 Å². The van der Waals surface area contributed by atoms with Crippen LogP contribution in [0.4, 0.5) is 0 Å². The molecule has 2 aromatic rings. The molecule has 0 saturated carbocycles. The Morgan fingerprint density at radius 3 is 1.46 bits per heavy atom. The van der Waals surface area contributed by atoms with E-state index in [0.717, 1.165) is 0 Å². The second kappa shape index (κ2) is 13.8. The van der Waals surface area contributed by atoms with Gasteiger partial charge in [0.15, 0.2) is 0 Å². The molecule has 0 fully saturated rings. The van der Waals surface area contributed by atoms with E-state index in [1.807, 2.05) is 0 Å². The molecule has 24 heavy (non-hydrogen) atoms. The molecule has 0 spiro atoms. The van der Waals surface area contributed by atoms with Crippen molar-refractivity contribution in [2.75, 3.05) is 6.16 Å². The summed E-state index contributed by atoms with van der Waals surface area (Å²) in [7, 11) is -0.181. The number of hydrogen-bond donors (Lipinski definition) is 0. The van der Waals surface area contributed by atoms with Crippen molar-refractivity contribution in [3.63, 3.8) is 0 Å². The molecule has 0 radical (unpaired) electrons. The third-order valence-electron chi connectivity index (χ3n) is 4.37. The molecular formula is C22H31MoP. The zero-order chi connectivity index (χ0) is 16.2. The van der Waals surface area contributed by atoms with Crippen LogP contribution in [0.2, 0.25) is 0 Å². The summed E-state index contributed by atoms with van der Waals surface area (Å²) in [5, 5.41) is 3.05. The van der Waals surface area contributed by atoms with Gasteiger partial charge in [0, 0.05) is 21.1 Å². The van der Waals surface area contributed by atoms with E-state index >= 15 is 0 Å². The Labute approximate surface area is 164 Å². The maximum Gasteiger partial charge on any atom is 0 e. The SMILES string of the molecule is CCCCCCCCCCP(c1ccccc1)c1ccccc1.[Mo]. The molecule has 2 aromatic carbocycles. The molecule has 0 unspecified atom stereocenters. The summed E-state index contributed by atoms with van der Waals surface area (Å²) >= 11 is 0. The Bertz CT molecular complexity index is 473. The first-order valence-corrected chi connectivity index (χ1v) is 10.8. The minimum absolute atomic E-state index is 0. The molecule has 0 bridgehead atoms. The fraction of sp³-hybridized carbons (Fsp3) is 0.455. The van der Waals surface area contributed by atoms with E-state index in [2.05, 4.69) is 67.6 Å². The molecule has 0 saturated heterocycles. The van der Waals surface area contributed by atoms with E-state index in [9.17, 15) is 0 Å². The maximum atomic E-state index is 2.31. The predicted octanol–water partition coefficient (Wildman–Crippen LogP) is 6.26. The van der Waals surface area contributed by atoms with Crippen LogP contribution in [0.25, 0.3) is 0 Å². The summed E-state index contributed by atoms with van der Waals surface area (Å²) in [6.07, 6.45) is 12.5. The van der Waals surface area contributed by atoms with E-state index in [-0.39, 0.29) is 29.0 Å². The fourth-order valence-corrected chi connectivity index (χ4v) is 5.45. The van der Waals surface area contributed by atoms with Crippen molar-refractivity contribution in [2.45, 2.75) is 58.3 Å². The number of benzene rings is 2. The van der Waals surface area contributed by atoms with Gasteiger partial charge in [-0.05, 0) is 31.1 Å². The van der Waals surface area contributed by atoms with Crippen molar-refractivity contribution in [3.8, 4) is 0 Å². The third kappa shape index (κ3) is 8.09. The molecule has 130 valence electrons. The summed E-state index contributed by atoms with van der Waals surface area (Å²) < 4.78 is 0. The molecule has 0 N–H and O–H groups in total. The summed E-state index contributed by atoms with van der Waals surface area (Å²) in [4.78, 5) is 0. The van der Waals surface area contributed by atoms with Gasteiger partial charge in [-0.3, -0.25) is 0 Å². The third-order valence-corrected chi connectivity index (χ3v) is 6.98. The Balaban J connectivity index is 0.00000288. The minimum atomic E-state index is -0.181. The van der Waals surface area contributed by atoms with Crippen LogP contribution in [0.15, 0.2) is 60.7 Å². The smallest absolute Gasteiger partial charge is 0 e. The molecule has 0 amide bonds. The molecule has 0 heterocycles. The van der Waals surface area contributed by atoms with Gasteiger partial charge in [-0.2, -0.15) is 0 Å². The van der Waals surface area contributed by atoms with Crippen LogP contribution >= 0.6 is 7.92 Å².